The lowest BCUT2D eigenvalue weighted by molar-refractivity contribution is 0.394. The van der Waals surface area contributed by atoms with Crippen molar-refractivity contribution >= 4 is 0 Å². The summed E-state index contributed by atoms with van der Waals surface area (Å²) >= 11 is 0. The van der Waals surface area contributed by atoms with Crippen LogP contribution in [0.2, 0.25) is 0 Å². The van der Waals surface area contributed by atoms with Crippen LogP contribution in [-0.4, -0.2) is 25.7 Å². The van der Waals surface area contributed by atoms with Crippen LogP contribution in [0.5, 0.6) is 11.5 Å². The number of oxazole rings is 1. The molecule has 0 amide bonds. The topological polar surface area (TPSA) is 56.5 Å². The van der Waals surface area contributed by atoms with Crippen LogP contribution in [0.4, 0.5) is 0 Å². The number of benzene rings is 1. The molecule has 0 aliphatic rings. The van der Waals surface area contributed by atoms with Crippen LogP contribution in [0.1, 0.15) is 12.8 Å². The second-order valence-electron chi connectivity index (χ2n) is 4.00. The summed E-state index contributed by atoms with van der Waals surface area (Å²) in [5, 5.41) is 3.17. The highest BCUT2D eigenvalue weighted by atomic mass is 16.5. The van der Waals surface area contributed by atoms with Gasteiger partial charge in [-0.05, 0) is 18.7 Å². The Bertz CT molecular complexity index is 515. The largest absolute Gasteiger partial charge is 0.497 e. The van der Waals surface area contributed by atoms with Crippen molar-refractivity contribution in [1.29, 1.82) is 0 Å². The molecule has 0 aliphatic carbocycles. The van der Waals surface area contributed by atoms with Crippen molar-refractivity contribution in [1.82, 2.24) is 10.3 Å². The maximum atomic E-state index is 5.69. The first-order valence-electron chi connectivity index (χ1n) is 6.15. The monoisotopic (exact) mass is 262 g/mol. The van der Waals surface area contributed by atoms with E-state index in [2.05, 4.69) is 10.3 Å². The summed E-state index contributed by atoms with van der Waals surface area (Å²) in [6.45, 7) is 3.54. The molecule has 0 atom stereocenters. The number of methoxy groups -OCH3 is 2. The third kappa shape index (κ3) is 3.26. The van der Waals surface area contributed by atoms with Crippen molar-refractivity contribution in [3.63, 3.8) is 0 Å². The first-order chi connectivity index (χ1) is 9.26. The zero-order valence-corrected chi connectivity index (χ0v) is 11.4. The summed E-state index contributed by atoms with van der Waals surface area (Å²) in [7, 11) is 3.24. The standard InChI is InChI=1S/C14H18N2O3/c1-4-15-9-14-16-8-13(19-14)10-5-11(17-2)7-12(6-10)18-3/h5-8,15H,4,9H2,1-3H3. The quantitative estimate of drug-likeness (QED) is 0.866. The van der Waals surface area contributed by atoms with Crippen molar-refractivity contribution in [2.75, 3.05) is 20.8 Å². The Kier molecular flexibility index (Phi) is 4.41. The number of hydrogen-bond donors (Lipinski definition) is 1. The van der Waals surface area contributed by atoms with Gasteiger partial charge in [0.2, 0.25) is 5.89 Å². The van der Waals surface area contributed by atoms with Crippen LogP contribution < -0.4 is 14.8 Å². The van der Waals surface area contributed by atoms with Crippen molar-refractivity contribution < 1.29 is 13.9 Å². The van der Waals surface area contributed by atoms with Gasteiger partial charge in [-0.15, -0.1) is 0 Å². The maximum Gasteiger partial charge on any atom is 0.208 e. The first kappa shape index (κ1) is 13.4. The molecular weight excluding hydrogens is 244 g/mol. The van der Waals surface area contributed by atoms with E-state index in [4.69, 9.17) is 13.9 Å². The third-order valence-electron chi connectivity index (χ3n) is 2.72. The molecule has 5 nitrogen and oxygen atoms in total. The molecule has 1 N–H and O–H groups in total. The fourth-order valence-electron chi connectivity index (χ4n) is 1.71. The lowest BCUT2D eigenvalue weighted by Crippen LogP contribution is -2.11. The number of ether oxygens (including phenoxy) is 2. The second-order valence-corrected chi connectivity index (χ2v) is 4.00. The normalized spacial score (nSPS) is 10.5. The number of nitrogens with one attached hydrogen (secondary N) is 1. The molecular formula is C14H18N2O3. The molecule has 0 spiro atoms. The van der Waals surface area contributed by atoms with E-state index in [0.717, 1.165) is 23.6 Å². The van der Waals surface area contributed by atoms with Gasteiger partial charge >= 0.3 is 0 Å². The van der Waals surface area contributed by atoms with Gasteiger partial charge in [-0.1, -0.05) is 6.92 Å². The summed E-state index contributed by atoms with van der Waals surface area (Å²) in [4.78, 5) is 4.23. The molecule has 1 heterocycles. The van der Waals surface area contributed by atoms with Crippen molar-refractivity contribution in [2.24, 2.45) is 0 Å². The zero-order chi connectivity index (χ0) is 13.7. The highest BCUT2D eigenvalue weighted by molar-refractivity contribution is 5.61. The predicted octanol–water partition coefficient (Wildman–Crippen LogP) is 2.47. The molecule has 102 valence electrons. The van der Waals surface area contributed by atoms with E-state index in [1.807, 2.05) is 25.1 Å². The van der Waals surface area contributed by atoms with Gasteiger partial charge in [0.15, 0.2) is 5.76 Å². The molecule has 0 saturated carbocycles. The minimum absolute atomic E-state index is 0.623. The first-order valence-corrected chi connectivity index (χ1v) is 6.15. The van der Waals surface area contributed by atoms with Crippen molar-refractivity contribution in [3.8, 4) is 22.8 Å². The molecule has 0 radical (unpaired) electrons. The zero-order valence-electron chi connectivity index (χ0n) is 11.4. The summed E-state index contributed by atoms with van der Waals surface area (Å²) in [6.07, 6.45) is 1.71. The molecule has 1 aromatic carbocycles. The molecule has 0 bridgehead atoms. The fourth-order valence-corrected chi connectivity index (χ4v) is 1.71. The predicted molar refractivity (Wildman–Crippen MR) is 72.4 cm³/mol. The minimum atomic E-state index is 0.623. The van der Waals surface area contributed by atoms with Crippen molar-refractivity contribution in [2.45, 2.75) is 13.5 Å². The van der Waals surface area contributed by atoms with E-state index in [1.165, 1.54) is 0 Å². The number of hydrogen-bond acceptors (Lipinski definition) is 5. The van der Waals surface area contributed by atoms with Crippen LogP contribution in [0.15, 0.2) is 28.8 Å². The second kappa shape index (κ2) is 6.24. The van der Waals surface area contributed by atoms with Gasteiger partial charge in [-0.3, -0.25) is 0 Å². The molecule has 0 fully saturated rings. The molecule has 19 heavy (non-hydrogen) atoms. The number of aromatic nitrogens is 1. The molecule has 2 rings (SSSR count). The summed E-state index contributed by atoms with van der Waals surface area (Å²) < 4.78 is 16.2. The summed E-state index contributed by atoms with van der Waals surface area (Å²) in [6, 6.07) is 5.60. The molecule has 0 saturated heterocycles. The van der Waals surface area contributed by atoms with E-state index in [-0.39, 0.29) is 0 Å². The summed E-state index contributed by atoms with van der Waals surface area (Å²) in [5.41, 5.74) is 0.881. The average Bonchev–Trinajstić information content (AvgIpc) is 2.93. The van der Waals surface area contributed by atoms with Gasteiger partial charge in [0.25, 0.3) is 0 Å². The van der Waals surface area contributed by atoms with Crippen LogP contribution in [0.3, 0.4) is 0 Å². The van der Waals surface area contributed by atoms with E-state index >= 15 is 0 Å². The lowest BCUT2D eigenvalue weighted by atomic mass is 10.1. The van der Waals surface area contributed by atoms with E-state index < -0.39 is 0 Å². The Labute approximate surface area is 112 Å². The van der Waals surface area contributed by atoms with Gasteiger partial charge in [-0.2, -0.15) is 0 Å². The highest BCUT2D eigenvalue weighted by Gasteiger charge is 2.09. The maximum absolute atomic E-state index is 5.69. The third-order valence-corrected chi connectivity index (χ3v) is 2.72. The fraction of sp³-hybridized carbons (Fsp3) is 0.357. The molecule has 2 aromatic rings. The molecule has 1 aromatic heterocycles. The smallest absolute Gasteiger partial charge is 0.208 e. The van der Waals surface area contributed by atoms with Gasteiger partial charge in [0, 0.05) is 11.6 Å². The highest BCUT2D eigenvalue weighted by Crippen LogP contribution is 2.30. The van der Waals surface area contributed by atoms with Gasteiger partial charge in [-0.25, -0.2) is 4.98 Å². The molecule has 0 unspecified atom stereocenters. The van der Waals surface area contributed by atoms with Crippen LogP contribution in [0, 0.1) is 0 Å². The lowest BCUT2D eigenvalue weighted by Gasteiger charge is -2.06. The average molecular weight is 262 g/mol. The molecule has 0 aliphatic heterocycles. The van der Waals surface area contributed by atoms with Crippen LogP contribution in [-0.2, 0) is 6.54 Å². The Balaban J connectivity index is 2.27. The van der Waals surface area contributed by atoms with Gasteiger partial charge in [0.05, 0.1) is 27.0 Å². The Morgan fingerprint density at radius 1 is 1.16 bits per heavy atom. The van der Waals surface area contributed by atoms with Crippen molar-refractivity contribution in [3.05, 3.63) is 30.3 Å². The number of nitrogens with zero attached hydrogens (tertiary/aromatic N) is 1. The SMILES string of the molecule is CCNCc1ncc(-c2cc(OC)cc(OC)c2)o1. The Morgan fingerprint density at radius 2 is 1.84 bits per heavy atom. The van der Waals surface area contributed by atoms with E-state index in [9.17, 15) is 0 Å². The van der Waals surface area contributed by atoms with Gasteiger partial charge < -0.3 is 19.2 Å². The van der Waals surface area contributed by atoms with Crippen LogP contribution in [0.25, 0.3) is 11.3 Å². The number of rotatable bonds is 6. The Morgan fingerprint density at radius 3 is 2.42 bits per heavy atom. The van der Waals surface area contributed by atoms with E-state index in [1.54, 1.807) is 20.4 Å². The van der Waals surface area contributed by atoms with E-state index in [0.29, 0.717) is 18.2 Å². The van der Waals surface area contributed by atoms with Crippen LogP contribution >= 0.6 is 0 Å². The minimum Gasteiger partial charge on any atom is -0.497 e. The van der Waals surface area contributed by atoms with Gasteiger partial charge in [0.1, 0.15) is 11.5 Å². The summed E-state index contributed by atoms with van der Waals surface area (Å²) in [5.74, 6) is 2.81. The molecule has 5 heteroatoms. The Hall–Kier alpha value is -2.01.